The van der Waals surface area contributed by atoms with E-state index < -0.39 is 0 Å². The minimum atomic E-state index is 0.157. The standard InChI is InChI=1S/C15H26N4O/c1-18-7-6-17-14(18)12-13(16)15(4-2-3-5-15)19-8-10-20-11-9-19/h6-7,13H,2-5,8-12,16H2,1H3. The summed E-state index contributed by atoms with van der Waals surface area (Å²) < 4.78 is 7.60. The van der Waals surface area contributed by atoms with E-state index in [4.69, 9.17) is 10.5 Å². The van der Waals surface area contributed by atoms with Crippen molar-refractivity contribution in [3.05, 3.63) is 18.2 Å². The molecule has 1 aliphatic carbocycles. The van der Waals surface area contributed by atoms with Crippen LogP contribution in [0.25, 0.3) is 0 Å². The van der Waals surface area contributed by atoms with Crippen LogP contribution in [-0.4, -0.2) is 52.3 Å². The van der Waals surface area contributed by atoms with Crippen molar-refractivity contribution in [2.75, 3.05) is 26.3 Å². The Morgan fingerprint density at radius 1 is 1.35 bits per heavy atom. The van der Waals surface area contributed by atoms with Crippen LogP contribution in [0.3, 0.4) is 0 Å². The molecule has 1 unspecified atom stereocenters. The van der Waals surface area contributed by atoms with Crippen LogP contribution in [0.15, 0.2) is 12.4 Å². The number of morpholine rings is 1. The van der Waals surface area contributed by atoms with Gasteiger partial charge in [-0.1, -0.05) is 12.8 Å². The van der Waals surface area contributed by atoms with Gasteiger partial charge in [0, 0.05) is 50.5 Å². The van der Waals surface area contributed by atoms with Gasteiger partial charge in [0.15, 0.2) is 0 Å². The molecule has 1 saturated carbocycles. The van der Waals surface area contributed by atoms with E-state index in [0.717, 1.165) is 38.5 Å². The number of ether oxygens (including phenoxy) is 1. The lowest BCUT2D eigenvalue weighted by molar-refractivity contribution is -0.0308. The molecule has 20 heavy (non-hydrogen) atoms. The van der Waals surface area contributed by atoms with Crippen LogP contribution < -0.4 is 5.73 Å². The summed E-state index contributed by atoms with van der Waals surface area (Å²) in [5.74, 6) is 1.09. The highest BCUT2D eigenvalue weighted by molar-refractivity contribution is 5.07. The third-order valence-electron chi connectivity index (χ3n) is 5.12. The van der Waals surface area contributed by atoms with E-state index in [1.54, 1.807) is 0 Å². The Morgan fingerprint density at radius 3 is 2.65 bits per heavy atom. The maximum atomic E-state index is 6.67. The summed E-state index contributed by atoms with van der Waals surface area (Å²) in [6, 6.07) is 0.157. The summed E-state index contributed by atoms with van der Waals surface area (Å²) in [6.45, 7) is 3.73. The predicted molar refractivity (Wildman–Crippen MR) is 78.5 cm³/mol. The fourth-order valence-corrected chi connectivity index (χ4v) is 3.90. The quantitative estimate of drug-likeness (QED) is 0.890. The highest BCUT2D eigenvalue weighted by atomic mass is 16.5. The van der Waals surface area contributed by atoms with Gasteiger partial charge in [-0.25, -0.2) is 4.98 Å². The second kappa shape index (κ2) is 5.84. The van der Waals surface area contributed by atoms with Crippen LogP contribution >= 0.6 is 0 Å². The molecular formula is C15H26N4O. The first kappa shape index (κ1) is 14.0. The second-order valence-electron chi connectivity index (χ2n) is 6.18. The van der Waals surface area contributed by atoms with Crippen molar-refractivity contribution in [2.24, 2.45) is 12.8 Å². The lowest BCUT2D eigenvalue weighted by atomic mass is 9.84. The normalized spacial score (nSPS) is 24.9. The molecule has 2 heterocycles. The van der Waals surface area contributed by atoms with Crippen molar-refractivity contribution in [3.8, 4) is 0 Å². The zero-order valence-electron chi connectivity index (χ0n) is 12.4. The van der Waals surface area contributed by atoms with Crippen LogP contribution in [0.4, 0.5) is 0 Å². The van der Waals surface area contributed by atoms with Crippen molar-refractivity contribution in [3.63, 3.8) is 0 Å². The van der Waals surface area contributed by atoms with Crippen LogP contribution in [0.2, 0.25) is 0 Å². The van der Waals surface area contributed by atoms with E-state index in [1.807, 2.05) is 19.4 Å². The van der Waals surface area contributed by atoms with Crippen LogP contribution in [0.1, 0.15) is 31.5 Å². The van der Waals surface area contributed by atoms with Crippen molar-refractivity contribution in [1.29, 1.82) is 0 Å². The maximum Gasteiger partial charge on any atom is 0.109 e. The van der Waals surface area contributed by atoms with Gasteiger partial charge in [-0.15, -0.1) is 0 Å². The minimum absolute atomic E-state index is 0.157. The molecule has 1 atom stereocenters. The molecule has 0 aromatic carbocycles. The fourth-order valence-electron chi connectivity index (χ4n) is 3.90. The van der Waals surface area contributed by atoms with Gasteiger partial charge in [0.25, 0.3) is 0 Å². The number of hydrogen-bond acceptors (Lipinski definition) is 4. The van der Waals surface area contributed by atoms with Crippen LogP contribution in [0.5, 0.6) is 0 Å². The Balaban J connectivity index is 1.77. The number of aryl methyl sites for hydroxylation is 1. The molecule has 0 radical (unpaired) electrons. The Morgan fingerprint density at radius 2 is 2.05 bits per heavy atom. The molecule has 0 amide bonds. The molecule has 112 valence electrons. The molecule has 1 aliphatic heterocycles. The smallest absolute Gasteiger partial charge is 0.109 e. The van der Waals surface area contributed by atoms with Crippen LogP contribution in [-0.2, 0) is 18.2 Å². The van der Waals surface area contributed by atoms with E-state index in [2.05, 4.69) is 14.5 Å². The summed E-state index contributed by atoms with van der Waals surface area (Å²) in [7, 11) is 2.05. The Bertz CT molecular complexity index is 433. The first-order valence-corrected chi connectivity index (χ1v) is 7.77. The summed E-state index contributed by atoms with van der Waals surface area (Å²) in [4.78, 5) is 7.04. The number of nitrogens with zero attached hydrogens (tertiary/aromatic N) is 3. The van der Waals surface area contributed by atoms with Crippen molar-refractivity contribution in [2.45, 2.75) is 43.7 Å². The van der Waals surface area contributed by atoms with Crippen molar-refractivity contribution in [1.82, 2.24) is 14.5 Å². The molecule has 1 aromatic rings. The average Bonchev–Trinajstić information content (AvgIpc) is 3.11. The summed E-state index contributed by atoms with van der Waals surface area (Å²) in [6.07, 6.45) is 9.76. The van der Waals surface area contributed by atoms with E-state index in [9.17, 15) is 0 Å². The largest absolute Gasteiger partial charge is 0.379 e. The topological polar surface area (TPSA) is 56.3 Å². The molecular weight excluding hydrogens is 252 g/mol. The van der Waals surface area contributed by atoms with E-state index in [-0.39, 0.29) is 11.6 Å². The van der Waals surface area contributed by atoms with Crippen LogP contribution in [0, 0.1) is 0 Å². The number of rotatable bonds is 4. The van der Waals surface area contributed by atoms with Gasteiger partial charge in [0.1, 0.15) is 5.82 Å². The molecule has 5 nitrogen and oxygen atoms in total. The monoisotopic (exact) mass is 278 g/mol. The van der Waals surface area contributed by atoms with Gasteiger partial charge in [-0.05, 0) is 12.8 Å². The second-order valence-corrected chi connectivity index (χ2v) is 6.18. The zero-order valence-corrected chi connectivity index (χ0v) is 12.4. The highest BCUT2D eigenvalue weighted by Crippen LogP contribution is 2.38. The lowest BCUT2D eigenvalue weighted by Gasteiger charge is -2.47. The molecule has 3 rings (SSSR count). The SMILES string of the molecule is Cn1ccnc1CC(N)C1(N2CCOCC2)CCCC1. The summed E-state index contributed by atoms with van der Waals surface area (Å²) in [5.41, 5.74) is 6.83. The molecule has 0 spiro atoms. The number of imidazole rings is 1. The molecule has 2 fully saturated rings. The van der Waals surface area contributed by atoms with Gasteiger partial charge < -0.3 is 15.0 Å². The first-order chi connectivity index (χ1) is 9.72. The number of nitrogens with two attached hydrogens (primary N) is 1. The molecule has 0 bridgehead atoms. The van der Waals surface area contributed by atoms with E-state index >= 15 is 0 Å². The third-order valence-corrected chi connectivity index (χ3v) is 5.12. The van der Waals surface area contributed by atoms with E-state index in [1.165, 1.54) is 25.7 Å². The number of aromatic nitrogens is 2. The zero-order chi connectivity index (χ0) is 14.0. The maximum absolute atomic E-state index is 6.67. The summed E-state index contributed by atoms with van der Waals surface area (Å²) in [5, 5.41) is 0. The summed E-state index contributed by atoms with van der Waals surface area (Å²) >= 11 is 0. The van der Waals surface area contributed by atoms with Crippen molar-refractivity contribution < 1.29 is 4.74 Å². The Kier molecular flexibility index (Phi) is 4.10. The number of hydrogen-bond donors (Lipinski definition) is 1. The molecule has 2 aliphatic rings. The highest BCUT2D eigenvalue weighted by Gasteiger charge is 2.44. The van der Waals surface area contributed by atoms with Crippen molar-refractivity contribution >= 4 is 0 Å². The van der Waals surface area contributed by atoms with E-state index in [0.29, 0.717) is 0 Å². The predicted octanol–water partition coefficient (Wildman–Crippen LogP) is 0.935. The Labute approximate surface area is 121 Å². The molecule has 2 N–H and O–H groups in total. The third kappa shape index (κ3) is 2.50. The van der Waals surface area contributed by atoms with Gasteiger partial charge in [0.2, 0.25) is 0 Å². The van der Waals surface area contributed by atoms with Gasteiger partial charge in [0.05, 0.1) is 13.2 Å². The van der Waals surface area contributed by atoms with Gasteiger partial charge >= 0.3 is 0 Å². The fraction of sp³-hybridized carbons (Fsp3) is 0.800. The molecule has 1 saturated heterocycles. The first-order valence-electron chi connectivity index (χ1n) is 7.77. The molecule has 5 heteroatoms. The van der Waals surface area contributed by atoms with Gasteiger partial charge in [-0.3, -0.25) is 4.90 Å². The Hall–Kier alpha value is -0.910. The molecule has 1 aromatic heterocycles. The lowest BCUT2D eigenvalue weighted by Crippen LogP contribution is -2.62. The van der Waals surface area contributed by atoms with Gasteiger partial charge in [-0.2, -0.15) is 0 Å². The minimum Gasteiger partial charge on any atom is -0.379 e. The average molecular weight is 278 g/mol.